The maximum atomic E-state index is 11.2. The van der Waals surface area contributed by atoms with Gasteiger partial charge in [0.15, 0.2) is 6.61 Å². The highest BCUT2D eigenvalue weighted by atomic mass is 16.7. The summed E-state index contributed by atoms with van der Waals surface area (Å²) in [5, 5.41) is 11.4. The SMILES string of the molecule is O=C(O)CONC(=O)CN1CCNCC1. The van der Waals surface area contributed by atoms with E-state index in [1.54, 1.807) is 0 Å². The first-order chi connectivity index (χ1) is 7.18. The molecule has 0 aromatic heterocycles. The Morgan fingerprint density at radius 2 is 2.07 bits per heavy atom. The molecule has 1 aliphatic rings. The molecule has 3 N–H and O–H groups in total. The molecule has 0 unspecified atom stereocenters. The predicted octanol–water partition coefficient (Wildman–Crippen LogP) is -1.98. The first-order valence-corrected chi connectivity index (χ1v) is 4.74. The summed E-state index contributed by atoms with van der Waals surface area (Å²) in [7, 11) is 0. The highest BCUT2D eigenvalue weighted by Gasteiger charge is 2.13. The van der Waals surface area contributed by atoms with E-state index in [-0.39, 0.29) is 12.5 Å². The van der Waals surface area contributed by atoms with Crippen LogP contribution in [0.4, 0.5) is 0 Å². The van der Waals surface area contributed by atoms with Crippen molar-refractivity contribution in [2.45, 2.75) is 0 Å². The smallest absolute Gasteiger partial charge is 0.332 e. The van der Waals surface area contributed by atoms with Crippen molar-refractivity contribution < 1.29 is 19.5 Å². The van der Waals surface area contributed by atoms with Crippen LogP contribution >= 0.6 is 0 Å². The Labute approximate surface area is 87.3 Å². The molecule has 0 aromatic rings. The third-order valence-corrected chi connectivity index (χ3v) is 1.96. The van der Waals surface area contributed by atoms with Gasteiger partial charge >= 0.3 is 5.97 Å². The van der Waals surface area contributed by atoms with Gasteiger partial charge in [0, 0.05) is 26.2 Å². The van der Waals surface area contributed by atoms with Gasteiger partial charge in [0.2, 0.25) is 0 Å². The van der Waals surface area contributed by atoms with Crippen molar-refractivity contribution in [1.82, 2.24) is 15.7 Å². The van der Waals surface area contributed by atoms with E-state index in [2.05, 4.69) is 15.6 Å². The summed E-state index contributed by atoms with van der Waals surface area (Å²) in [6.07, 6.45) is 0. The number of aliphatic carboxylic acids is 1. The topological polar surface area (TPSA) is 90.9 Å². The number of piperazine rings is 1. The van der Waals surface area contributed by atoms with E-state index in [9.17, 15) is 9.59 Å². The highest BCUT2D eigenvalue weighted by molar-refractivity contribution is 5.77. The van der Waals surface area contributed by atoms with Crippen LogP contribution in [0, 0.1) is 0 Å². The third kappa shape index (κ3) is 5.31. The fourth-order valence-corrected chi connectivity index (χ4v) is 1.28. The Morgan fingerprint density at radius 1 is 1.40 bits per heavy atom. The normalized spacial score (nSPS) is 17.3. The first-order valence-electron chi connectivity index (χ1n) is 4.74. The standard InChI is InChI=1S/C8H15N3O4/c12-7(10-15-6-8(13)14)5-11-3-1-9-2-4-11/h9H,1-6H2,(H,10,12)(H,13,14). The summed E-state index contributed by atoms with van der Waals surface area (Å²) < 4.78 is 0. The second kappa shape index (κ2) is 6.33. The number of nitrogens with zero attached hydrogens (tertiary/aromatic N) is 1. The maximum Gasteiger partial charge on any atom is 0.332 e. The summed E-state index contributed by atoms with van der Waals surface area (Å²) in [4.78, 5) is 27.7. The number of amides is 1. The van der Waals surface area contributed by atoms with Crippen LogP contribution in [-0.2, 0) is 14.4 Å². The second-order valence-electron chi connectivity index (χ2n) is 3.23. The van der Waals surface area contributed by atoms with Crippen LogP contribution in [0.15, 0.2) is 0 Å². The van der Waals surface area contributed by atoms with Gasteiger partial charge < -0.3 is 10.4 Å². The zero-order chi connectivity index (χ0) is 11.1. The highest BCUT2D eigenvalue weighted by Crippen LogP contribution is 1.90. The van der Waals surface area contributed by atoms with Gasteiger partial charge in [-0.3, -0.25) is 14.5 Å². The number of carbonyl (C=O) groups excluding carboxylic acids is 1. The number of hydrogen-bond acceptors (Lipinski definition) is 5. The number of carboxylic acid groups (broad SMARTS) is 1. The minimum atomic E-state index is -1.11. The number of carboxylic acids is 1. The van der Waals surface area contributed by atoms with Crippen LogP contribution in [0.25, 0.3) is 0 Å². The number of hydrogen-bond donors (Lipinski definition) is 3. The van der Waals surface area contributed by atoms with Crippen LogP contribution in [0.2, 0.25) is 0 Å². The molecule has 1 rings (SSSR count). The van der Waals surface area contributed by atoms with E-state index < -0.39 is 12.6 Å². The second-order valence-corrected chi connectivity index (χ2v) is 3.23. The Balaban J connectivity index is 2.09. The van der Waals surface area contributed by atoms with Crippen molar-refractivity contribution in [2.24, 2.45) is 0 Å². The van der Waals surface area contributed by atoms with Crippen molar-refractivity contribution >= 4 is 11.9 Å². The first kappa shape index (κ1) is 11.9. The molecule has 86 valence electrons. The summed E-state index contributed by atoms with van der Waals surface area (Å²) in [6, 6.07) is 0. The Kier molecular flexibility index (Phi) is 5.02. The monoisotopic (exact) mass is 217 g/mol. The lowest BCUT2D eigenvalue weighted by atomic mass is 10.3. The van der Waals surface area contributed by atoms with E-state index in [0.29, 0.717) is 0 Å². The van der Waals surface area contributed by atoms with Crippen molar-refractivity contribution in [3.63, 3.8) is 0 Å². The van der Waals surface area contributed by atoms with Crippen LogP contribution < -0.4 is 10.8 Å². The average molecular weight is 217 g/mol. The van der Waals surface area contributed by atoms with Crippen molar-refractivity contribution in [2.75, 3.05) is 39.3 Å². The lowest BCUT2D eigenvalue weighted by molar-refractivity contribution is -0.149. The van der Waals surface area contributed by atoms with E-state index in [4.69, 9.17) is 5.11 Å². The van der Waals surface area contributed by atoms with Gasteiger partial charge in [0.25, 0.3) is 5.91 Å². The Bertz CT molecular complexity index is 228. The molecule has 15 heavy (non-hydrogen) atoms. The summed E-state index contributed by atoms with van der Waals surface area (Å²) >= 11 is 0. The fourth-order valence-electron chi connectivity index (χ4n) is 1.28. The quantitative estimate of drug-likeness (QED) is 0.462. The average Bonchev–Trinajstić information content (AvgIpc) is 2.18. The van der Waals surface area contributed by atoms with Crippen molar-refractivity contribution in [3.05, 3.63) is 0 Å². The number of rotatable bonds is 5. The number of carbonyl (C=O) groups is 2. The molecule has 1 saturated heterocycles. The zero-order valence-electron chi connectivity index (χ0n) is 8.36. The summed E-state index contributed by atoms with van der Waals surface area (Å²) in [6.45, 7) is 3.07. The predicted molar refractivity (Wildman–Crippen MR) is 51.0 cm³/mol. The summed E-state index contributed by atoms with van der Waals surface area (Å²) in [5.74, 6) is -1.43. The van der Waals surface area contributed by atoms with E-state index in [1.165, 1.54) is 0 Å². The number of hydroxylamine groups is 1. The summed E-state index contributed by atoms with van der Waals surface area (Å²) in [5.41, 5.74) is 2.08. The Hall–Kier alpha value is -1.18. The van der Waals surface area contributed by atoms with E-state index in [0.717, 1.165) is 26.2 Å². The van der Waals surface area contributed by atoms with Gasteiger partial charge in [0.05, 0.1) is 6.54 Å². The van der Waals surface area contributed by atoms with Crippen molar-refractivity contribution in [1.29, 1.82) is 0 Å². The molecule has 7 nitrogen and oxygen atoms in total. The molecule has 0 saturated carbocycles. The van der Waals surface area contributed by atoms with Gasteiger partial charge in [-0.1, -0.05) is 0 Å². The Morgan fingerprint density at radius 3 is 2.67 bits per heavy atom. The van der Waals surface area contributed by atoms with Crippen LogP contribution in [0.5, 0.6) is 0 Å². The molecule has 1 amide bonds. The van der Waals surface area contributed by atoms with Crippen LogP contribution in [0.1, 0.15) is 0 Å². The molecular formula is C8H15N3O4. The van der Waals surface area contributed by atoms with Gasteiger partial charge in [-0.2, -0.15) is 0 Å². The van der Waals surface area contributed by atoms with Crippen molar-refractivity contribution in [3.8, 4) is 0 Å². The van der Waals surface area contributed by atoms with Crippen LogP contribution in [-0.4, -0.2) is 61.2 Å². The molecule has 7 heteroatoms. The van der Waals surface area contributed by atoms with E-state index >= 15 is 0 Å². The minimum absolute atomic E-state index is 0.237. The van der Waals surface area contributed by atoms with Gasteiger partial charge in [0.1, 0.15) is 0 Å². The molecule has 1 aliphatic heterocycles. The third-order valence-electron chi connectivity index (χ3n) is 1.96. The molecular weight excluding hydrogens is 202 g/mol. The zero-order valence-corrected chi connectivity index (χ0v) is 8.36. The molecule has 0 radical (unpaired) electrons. The molecule has 0 aliphatic carbocycles. The van der Waals surface area contributed by atoms with E-state index in [1.807, 2.05) is 4.90 Å². The molecule has 0 spiro atoms. The lowest BCUT2D eigenvalue weighted by Gasteiger charge is -2.26. The fraction of sp³-hybridized carbons (Fsp3) is 0.750. The largest absolute Gasteiger partial charge is 0.479 e. The molecule has 1 fully saturated rings. The van der Waals surface area contributed by atoms with Gasteiger partial charge in [-0.05, 0) is 0 Å². The molecule has 0 atom stereocenters. The number of nitrogens with one attached hydrogen (secondary N) is 2. The molecule has 0 bridgehead atoms. The maximum absolute atomic E-state index is 11.2. The molecule has 0 aromatic carbocycles. The van der Waals surface area contributed by atoms with Gasteiger partial charge in [-0.15, -0.1) is 0 Å². The van der Waals surface area contributed by atoms with Gasteiger partial charge in [-0.25, -0.2) is 10.3 Å². The molecule has 1 heterocycles. The van der Waals surface area contributed by atoms with Crippen LogP contribution in [0.3, 0.4) is 0 Å². The minimum Gasteiger partial charge on any atom is -0.479 e. The lowest BCUT2D eigenvalue weighted by Crippen LogP contribution is -2.47.